The fourth-order valence-corrected chi connectivity index (χ4v) is 2.23. The number of ether oxygens (including phenoxy) is 1. The van der Waals surface area contributed by atoms with Crippen molar-refractivity contribution < 1.29 is 13.5 Å². The highest BCUT2D eigenvalue weighted by Gasteiger charge is 2.11. The number of nitrogens with zero attached hydrogens (tertiary/aromatic N) is 3. The summed E-state index contributed by atoms with van der Waals surface area (Å²) in [5, 5.41) is 3.22. The smallest absolute Gasteiger partial charge is 0.321 e. The summed E-state index contributed by atoms with van der Waals surface area (Å²) in [7, 11) is 1.43. The quantitative estimate of drug-likeness (QED) is 0.884. The van der Waals surface area contributed by atoms with Crippen molar-refractivity contribution in [3.8, 4) is 6.01 Å². The zero-order valence-electron chi connectivity index (χ0n) is 11.6. The van der Waals surface area contributed by atoms with Crippen molar-refractivity contribution in [3.63, 3.8) is 0 Å². The van der Waals surface area contributed by atoms with Crippen molar-refractivity contribution in [2.75, 3.05) is 19.0 Å². The summed E-state index contributed by atoms with van der Waals surface area (Å²) in [4.78, 5) is 12.3. The number of halogens is 2. The summed E-state index contributed by atoms with van der Waals surface area (Å²) < 4.78 is 31.8. The summed E-state index contributed by atoms with van der Waals surface area (Å²) >= 11 is 0.908. The van der Waals surface area contributed by atoms with Crippen LogP contribution in [0.4, 0.5) is 14.7 Å². The topological polar surface area (TPSA) is 59.9 Å². The molecule has 112 valence electrons. The molecule has 2 aromatic rings. The van der Waals surface area contributed by atoms with E-state index in [0.717, 1.165) is 36.4 Å². The van der Waals surface area contributed by atoms with E-state index in [-0.39, 0.29) is 16.1 Å². The molecule has 1 aromatic heterocycles. The van der Waals surface area contributed by atoms with Crippen molar-refractivity contribution in [2.45, 2.75) is 23.4 Å². The van der Waals surface area contributed by atoms with E-state index in [0.29, 0.717) is 12.5 Å². The Morgan fingerprint density at radius 1 is 1.24 bits per heavy atom. The van der Waals surface area contributed by atoms with Crippen LogP contribution in [-0.2, 0) is 0 Å². The Labute approximate surface area is 125 Å². The molecular weight excluding hydrogens is 298 g/mol. The van der Waals surface area contributed by atoms with Crippen LogP contribution < -0.4 is 10.1 Å². The van der Waals surface area contributed by atoms with Gasteiger partial charge in [0.2, 0.25) is 11.1 Å². The lowest BCUT2D eigenvalue weighted by Crippen LogP contribution is -2.07. The van der Waals surface area contributed by atoms with Gasteiger partial charge in [-0.15, -0.1) is 0 Å². The Balaban J connectivity index is 2.27. The largest absolute Gasteiger partial charge is 0.467 e. The van der Waals surface area contributed by atoms with Crippen LogP contribution in [0.5, 0.6) is 6.01 Å². The molecule has 0 amide bonds. The molecule has 8 heteroatoms. The predicted octanol–water partition coefficient (Wildman–Crippen LogP) is 3.13. The highest BCUT2D eigenvalue weighted by molar-refractivity contribution is 7.99. The fraction of sp³-hybridized carbons (Fsp3) is 0.308. The molecule has 0 aliphatic carbocycles. The maximum Gasteiger partial charge on any atom is 0.321 e. The standard InChI is InChI=1S/C13H14F2N4OS/c1-3-6-16-11-17-12(20-2)19-13(18-11)21-10-7-8(14)4-5-9(10)15/h4-5,7H,3,6H2,1-2H3,(H,16,17,18,19). The Hall–Kier alpha value is -1.96. The minimum absolute atomic E-state index is 0.102. The van der Waals surface area contributed by atoms with E-state index in [1.165, 1.54) is 7.11 Å². The van der Waals surface area contributed by atoms with Crippen molar-refractivity contribution in [1.29, 1.82) is 0 Å². The Kier molecular flexibility index (Phi) is 5.26. The van der Waals surface area contributed by atoms with Gasteiger partial charge in [-0.3, -0.25) is 0 Å². The molecule has 1 N–H and O–H groups in total. The highest BCUT2D eigenvalue weighted by atomic mass is 32.2. The van der Waals surface area contributed by atoms with Gasteiger partial charge in [0.1, 0.15) is 11.6 Å². The van der Waals surface area contributed by atoms with E-state index in [9.17, 15) is 8.78 Å². The van der Waals surface area contributed by atoms with Gasteiger partial charge >= 0.3 is 6.01 Å². The molecule has 2 rings (SSSR count). The van der Waals surface area contributed by atoms with Gasteiger partial charge in [0.25, 0.3) is 0 Å². The Bertz CT molecular complexity index is 627. The van der Waals surface area contributed by atoms with Crippen LogP contribution in [0.25, 0.3) is 0 Å². The number of hydrogen-bond donors (Lipinski definition) is 1. The molecule has 5 nitrogen and oxygen atoms in total. The number of aromatic nitrogens is 3. The molecule has 1 aromatic carbocycles. The Morgan fingerprint density at radius 2 is 2.05 bits per heavy atom. The highest BCUT2D eigenvalue weighted by Crippen LogP contribution is 2.29. The number of benzene rings is 1. The van der Waals surface area contributed by atoms with Crippen LogP contribution in [0.3, 0.4) is 0 Å². The first kappa shape index (κ1) is 15.4. The van der Waals surface area contributed by atoms with Gasteiger partial charge in [0, 0.05) is 6.54 Å². The van der Waals surface area contributed by atoms with Gasteiger partial charge in [-0.2, -0.15) is 15.0 Å². The van der Waals surface area contributed by atoms with E-state index >= 15 is 0 Å². The minimum atomic E-state index is -0.538. The molecular formula is C13H14F2N4OS. The van der Waals surface area contributed by atoms with Crippen LogP contribution in [-0.4, -0.2) is 28.6 Å². The third-order valence-electron chi connectivity index (χ3n) is 2.40. The lowest BCUT2D eigenvalue weighted by Gasteiger charge is -2.07. The molecule has 1 heterocycles. The van der Waals surface area contributed by atoms with Gasteiger partial charge in [-0.1, -0.05) is 6.92 Å². The van der Waals surface area contributed by atoms with Crippen LogP contribution in [0, 0.1) is 11.6 Å². The van der Waals surface area contributed by atoms with Crippen LogP contribution >= 0.6 is 11.8 Å². The Morgan fingerprint density at radius 3 is 2.76 bits per heavy atom. The molecule has 0 spiro atoms. The predicted molar refractivity (Wildman–Crippen MR) is 75.6 cm³/mol. The lowest BCUT2D eigenvalue weighted by atomic mass is 10.3. The first-order valence-electron chi connectivity index (χ1n) is 6.29. The van der Waals surface area contributed by atoms with Crippen molar-refractivity contribution in [3.05, 3.63) is 29.8 Å². The maximum absolute atomic E-state index is 13.6. The molecule has 0 bridgehead atoms. The molecule has 0 saturated heterocycles. The van der Waals surface area contributed by atoms with Gasteiger partial charge in [-0.25, -0.2) is 8.78 Å². The summed E-state index contributed by atoms with van der Waals surface area (Å²) in [5.74, 6) is -0.726. The molecule has 0 aliphatic heterocycles. The average molecular weight is 312 g/mol. The third kappa shape index (κ3) is 4.25. The average Bonchev–Trinajstić information content (AvgIpc) is 2.48. The molecule has 0 saturated carbocycles. The SMILES string of the molecule is CCCNc1nc(OC)nc(Sc2cc(F)ccc2F)n1. The van der Waals surface area contributed by atoms with E-state index in [1.807, 2.05) is 6.92 Å². The zero-order chi connectivity index (χ0) is 15.2. The maximum atomic E-state index is 13.6. The first-order chi connectivity index (χ1) is 10.1. The second-order valence-electron chi connectivity index (χ2n) is 4.03. The first-order valence-corrected chi connectivity index (χ1v) is 7.11. The molecule has 0 fully saturated rings. The van der Waals surface area contributed by atoms with Gasteiger partial charge in [-0.05, 0) is 36.4 Å². The second-order valence-corrected chi connectivity index (χ2v) is 5.04. The molecule has 0 atom stereocenters. The van der Waals surface area contributed by atoms with Gasteiger partial charge < -0.3 is 10.1 Å². The van der Waals surface area contributed by atoms with Gasteiger partial charge in [0.05, 0.1) is 12.0 Å². The summed E-state index contributed by atoms with van der Waals surface area (Å²) in [6.45, 7) is 2.69. The molecule has 21 heavy (non-hydrogen) atoms. The fourth-order valence-electron chi connectivity index (χ4n) is 1.44. The van der Waals surface area contributed by atoms with Crippen LogP contribution in [0.2, 0.25) is 0 Å². The van der Waals surface area contributed by atoms with E-state index < -0.39 is 11.6 Å². The number of nitrogens with one attached hydrogen (secondary N) is 1. The lowest BCUT2D eigenvalue weighted by molar-refractivity contribution is 0.373. The van der Waals surface area contributed by atoms with E-state index in [1.54, 1.807) is 0 Å². The van der Waals surface area contributed by atoms with E-state index in [2.05, 4.69) is 20.3 Å². The summed E-state index contributed by atoms with van der Waals surface area (Å²) in [5.41, 5.74) is 0. The number of hydrogen-bond acceptors (Lipinski definition) is 6. The van der Waals surface area contributed by atoms with Crippen LogP contribution in [0.15, 0.2) is 28.3 Å². The van der Waals surface area contributed by atoms with Crippen LogP contribution in [0.1, 0.15) is 13.3 Å². The number of methoxy groups -OCH3 is 1. The molecule has 0 radical (unpaired) electrons. The van der Waals surface area contributed by atoms with Crippen molar-refractivity contribution >= 4 is 17.7 Å². The molecule has 0 unspecified atom stereocenters. The van der Waals surface area contributed by atoms with Crippen molar-refractivity contribution in [2.24, 2.45) is 0 Å². The second kappa shape index (κ2) is 7.16. The summed E-state index contributed by atoms with van der Waals surface area (Å²) in [6, 6.07) is 3.33. The number of anilines is 1. The monoisotopic (exact) mass is 312 g/mol. The summed E-state index contributed by atoms with van der Waals surface area (Å²) in [6.07, 6.45) is 0.898. The minimum Gasteiger partial charge on any atom is -0.467 e. The number of rotatable bonds is 6. The van der Waals surface area contributed by atoms with Crippen molar-refractivity contribution in [1.82, 2.24) is 15.0 Å². The molecule has 0 aliphatic rings. The third-order valence-corrected chi connectivity index (χ3v) is 3.30. The normalized spacial score (nSPS) is 10.5. The zero-order valence-corrected chi connectivity index (χ0v) is 12.4. The van der Waals surface area contributed by atoms with E-state index in [4.69, 9.17) is 4.74 Å². The van der Waals surface area contributed by atoms with Gasteiger partial charge in [0.15, 0.2) is 0 Å².